The van der Waals surface area contributed by atoms with Crippen LogP contribution in [-0.4, -0.2) is 75.8 Å². The van der Waals surface area contributed by atoms with Gasteiger partial charge in [0.2, 0.25) is 12.3 Å². The number of aryl methyl sites for hydroxylation is 1. The molecule has 10 heteroatoms. The number of aromatic nitrogens is 2. The molecule has 4 rings (SSSR count). The van der Waals surface area contributed by atoms with Crippen LogP contribution in [0.2, 0.25) is 0 Å². The molecule has 0 radical (unpaired) electrons. The van der Waals surface area contributed by atoms with E-state index >= 15 is 4.39 Å². The lowest BCUT2D eigenvalue weighted by molar-refractivity contribution is -0.128. The number of aliphatic hydroxyl groups is 1. The molecule has 1 aliphatic heterocycles. The summed E-state index contributed by atoms with van der Waals surface area (Å²) in [5.41, 5.74) is 3.37. The maximum absolute atomic E-state index is 16.1. The lowest BCUT2D eigenvalue weighted by atomic mass is 9.93. The molecule has 42 heavy (non-hydrogen) atoms. The molecule has 1 N–H and O–H groups in total. The first-order chi connectivity index (χ1) is 20.0. The van der Waals surface area contributed by atoms with Crippen molar-refractivity contribution in [2.75, 3.05) is 31.6 Å². The number of anilines is 2. The van der Waals surface area contributed by atoms with Gasteiger partial charge in [-0.25, -0.2) is 9.37 Å². The number of amides is 2. The van der Waals surface area contributed by atoms with E-state index in [1.54, 1.807) is 18.1 Å². The number of halogens is 1. The molecule has 0 aromatic carbocycles. The molecule has 1 aliphatic carbocycles. The first-order valence-corrected chi connectivity index (χ1v) is 14.2. The maximum Gasteiger partial charge on any atom is 0.246 e. The molecule has 1 saturated heterocycles. The number of carbonyl (C=O) groups is 2. The van der Waals surface area contributed by atoms with Gasteiger partial charge < -0.3 is 14.9 Å². The highest BCUT2D eigenvalue weighted by Crippen LogP contribution is 2.39. The van der Waals surface area contributed by atoms with Gasteiger partial charge in [0, 0.05) is 50.9 Å². The largest absolute Gasteiger partial charge is 0.512 e. The number of pyridine rings is 2. The summed E-state index contributed by atoms with van der Waals surface area (Å²) in [6.07, 6.45) is 6.61. The van der Waals surface area contributed by atoms with Crippen molar-refractivity contribution >= 4 is 35.2 Å². The van der Waals surface area contributed by atoms with Crippen LogP contribution in [0.1, 0.15) is 69.0 Å². The van der Waals surface area contributed by atoms with Gasteiger partial charge in [-0.05, 0) is 62.5 Å². The second-order valence-corrected chi connectivity index (χ2v) is 11.0. The van der Waals surface area contributed by atoms with Crippen LogP contribution in [0.15, 0.2) is 53.4 Å². The molecule has 2 aliphatic rings. The predicted molar refractivity (Wildman–Crippen MR) is 163 cm³/mol. The Morgan fingerprint density at radius 2 is 2.05 bits per heavy atom. The topological polar surface area (TPSA) is 102 Å². The van der Waals surface area contributed by atoms with E-state index in [4.69, 9.17) is 4.98 Å². The van der Waals surface area contributed by atoms with E-state index in [0.29, 0.717) is 72.8 Å². The molecule has 222 valence electrons. The van der Waals surface area contributed by atoms with Crippen molar-refractivity contribution in [1.29, 1.82) is 0 Å². The van der Waals surface area contributed by atoms with Crippen LogP contribution >= 0.6 is 0 Å². The van der Waals surface area contributed by atoms with Crippen molar-refractivity contribution < 1.29 is 19.1 Å². The van der Waals surface area contributed by atoms with E-state index in [1.807, 2.05) is 51.7 Å². The van der Waals surface area contributed by atoms with E-state index in [1.165, 1.54) is 17.0 Å². The summed E-state index contributed by atoms with van der Waals surface area (Å²) in [5, 5.41) is 10.8. The minimum atomic E-state index is -0.642. The van der Waals surface area contributed by atoms with Crippen LogP contribution < -0.4 is 4.90 Å². The number of rotatable bonds is 7. The quantitative estimate of drug-likeness (QED) is 0.204. The van der Waals surface area contributed by atoms with Crippen LogP contribution in [0.3, 0.4) is 0 Å². The molecule has 2 aromatic rings. The molecule has 1 fully saturated rings. The summed E-state index contributed by atoms with van der Waals surface area (Å²) in [4.78, 5) is 44.3. The average molecular weight is 575 g/mol. The minimum absolute atomic E-state index is 0.0178. The summed E-state index contributed by atoms with van der Waals surface area (Å²) in [6, 6.07) is 2.99. The number of carbonyl (C=O) groups excluding carboxylic acids is 2. The summed E-state index contributed by atoms with van der Waals surface area (Å²) >= 11 is 0. The van der Waals surface area contributed by atoms with Crippen LogP contribution in [0.4, 0.5) is 15.9 Å². The predicted octanol–water partition coefficient (Wildman–Crippen LogP) is 5.45. The summed E-state index contributed by atoms with van der Waals surface area (Å²) in [7, 11) is 1.61. The van der Waals surface area contributed by atoms with E-state index in [9.17, 15) is 14.7 Å². The van der Waals surface area contributed by atoms with Gasteiger partial charge in [-0.2, -0.15) is 0 Å². The first kappa shape index (κ1) is 30.6. The molecule has 1 unspecified atom stereocenters. The molecule has 0 bridgehead atoms. The van der Waals surface area contributed by atoms with Crippen LogP contribution in [-0.2, 0) is 9.59 Å². The lowest BCUT2D eigenvalue weighted by Gasteiger charge is -2.41. The van der Waals surface area contributed by atoms with Crippen molar-refractivity contribution in [3.05, 3.63) is 76.7 Å². The van der Waals surface area contributed by atoms with Gasteiger partial charge >= 0.3 is 0 Å². The Morgan fingerprint density at radius 3 is 2.64 bits per heavy atom. The second-order valence-electron chi connectivity index (χ2n) is 11.0. The zero-order chi connectivity index (χ0) is 30.7. The van der Waals surface area contributed by atoms with Crippen molar-refractivity contribution in [1.82, 2.24) is 19.8 Å². The molecule has 2 amide bonds. The highest BCUT2D eigenvalue weighted by Gasteiger charge is 2.33. The van der Waals surface area contributed by atoms with Crippen molar-refractivity contribution in [3.63, 3.8) is 0 Å². The summed E-state index contributed by atoms with van der Waals surface area (Å²) in [5.74, 6) is -0.143. The smallest absolute Gasteiger partial charge is 0.246 e. The Balaban J connectivity index is 1.96. The molecular weight excluding hydrogens is 535 g/mol. The first-order valence-electron chi connectivity index (χ1n) is 14.2. The minimum Gasteiger partial charge on any atom is -0.512 e. The number of hydrogen-bond donors (Lipinski definition) is 1. The van der Waals surface area contributed by atoms with Gasteiger partial charge in [0.25, 0.3) is 0 Å². The SMILES string of the molecule is C=CC(=O)N1CCN(/C(=N/C)c2cc(F)c(C3=C(O)CCC=C3C)nc2N(C=O)c2c(C)ccnc2C(C)C)C(C)C1. The zero-order valence-electron chi connectivity index (χ0n) is 25.2. The van der Waals surface area contributed by atoms with Crippen LogP contribution in [0.25, 0.3) is 5.57 Å². The molecule has 3 heterocycles. The number of piperazine rings is 1. The standard InChI is InChI=1S/C32H39FN6O3/c1-8-26(42)37-14-15-38(22(6)17-37)31(34-7)23-16-24(33)29(27-20(4)10-9-11-25(27)41)36-32(23)39(18-40)30-21(5)12-13-35-28(30)19(2)3/h8,10,12-13,16,18-19,22,41H,1,9,11,14-15,17H2,2-7H3/b34-31+. The van der Waals surface area contributed by atoms with Crippen LogP contribution in [0.5, 0.6) is 0 Å². The van der Waals surface area contributed by atoms with Gasteiger partial charge in [0.15, 0.2) is 11.6 Å². The van der Waals surface area contributed by atoms with E-state index in [2.05, 4.69) is 16.6 Å². The average Bonchev–Trinajstić information content (AvgIpc) is 2.96. The van der Waals surface area contributed by atoms with Gasteiger partial charge in [-0.3, -0.25) is 24.5 Å². The van der Waals surface area contributed by atoms with E-state index in [-0.39, 0.29) is 35.1 Å². The number of aliphatic hydroxyl groups excluding tert-OH is 1. The Hall–Kier alpha value is -4.34. The van der Waals surface area contributed by atoms with E-state index < -0.39 is 5.82 Å². The number of allylic oxidation sites excluding steroid dienone is 4. The van der Waals surface area contributed by atoms with Gasteiger partial charge in [0.05, 0.1) is 16.9 Å². The van der Waals surface area contributed by atoms with Gasteiger partial charge in [-0.15, -0.1) is 0 Å². The number of amidine groups is 1. The molecule has 0 saturated carbocycles. The molecule has 9 nitrogen and oxygen atoms in total. The fraction of sp³-hybridized carbons (Fsp3) is 0.406. The fourth-order valence-electron chi connectivity index (χ4n) is 5.73. The highest BCUT2D eigenvalue weighted by molar-refractivity contribution is 6.07. The molecule has 2 aromatic heterocycles. The zero-order valence-corrected chi connectivity index (χ0v) is 25.2. The Morgan fingerprint density at radius 1 is 1.31 bits per heavy atom. The number of hydrogen-bond acceptors (Lipinski definition) is 6. The fourth-order valence-corrected chi connectivity index (χ4v) is 5.73. The van der Waals surface area contributed by atoms with Crippen molar-refractivity contribution in [3.8, 4) is 0 Å². The third kappa shape index (κ3) is 5.70. The maximum atomic E-state index is 16.1. The summed E-state index contributed by atoms with van der Waals surface area (Å²) < 4.78 is 16.1. The Kier molecular flexibility index (Phi) is 9.23. The molecule has 1 atom stereocenters. The van der Waals surface area contributed by atoms with Crippen molar-refractivity contribution in [2.24, 2.45) is 4.99 Å². The molecule has 0 spiro atoms. The molecular formula is C32H39FN6O3. The summed E-state index contributed by atoms with van der Waals surface area (Å²) in [6.45, 7) is 14.5. The lowest BCUT2D eigenvalue weighted by Crippen LogP contribution is -2.55. The third-order valence-electron chi connectivity index (χ3n) is 7.82. The Bertz CT molecular complexity index is 1500. The van der Waals surface area contributed by atoms with Crippen LogP contribution in [0, 0.1) is 12.7 Å². The Labute approximate surface area is 246 Å². The van der Waals surface area contributed by atoms with E-state index in [0.717, 1.165) is 5.56 Å². The highest BCUT2D eigenvalue weighted by atomic mass is 19.1. The monoisotopic (exact) mass is 574 g/mol. The van der Waals surface area contributed by atoms with Gasteiger partial charge in [-0.1, -0.05) is 26.5 Å². The van der Waals surface area contributed by atoms with Crippen molar-refractivity contribution in [2.45, 2.75) is 59.4 Å². The second kappa shape index (κ2) is 12.7. The van der Waals surface area contributed by atoms with Gasteiger partial charge in [0.1, 0.15) is 17.3 Å². The number of aliphatic imine (C=N–C) groups is 1. The third-order valence-corrected chi connectivity index (χ3v) is 7.82. The normalized spacial score (nSPS) is 17.9. The number of nitrogens with zero attached hydrogens (tertiary/aromatic N) is 6.